The Hall–Kier alpha value is -6.40. The molecule has 8 aromatic rings. The zero-order valence-electron chi connectivity index (χ0n) is 24.7. The van der Waals surface area contributed by atoms with Crippen LogP contribution in [0.25, 0.3) is 78.1 Å². The van der Waals surface area contributed by atoms with Crippen molar-refractivity contribution in [1.29, 1.82) is 0 Å². The van der Waals surface area contributed by atoms with Gasteiger partial charge in [-0.1, -0.05) is 109 Å². The largest absolute Gasteiger partial charge is 0.244 e. The average Bonchev–Trinajstić information content (AvgIpc) is 3.15. The Morgan fingerprint density at radius 1 is 0.304 bits per heavy atom. The van der Waals surface area contributed by atoms with Crippen LogP contribution in [0.3, 0.4) is 0 Å². The maximum Gasteiger partial charge on any atom is 0.115 e. The van der Waals surface area contributed by atoms with E-state index in [0.29, 0.717) is 0 Å². The molecule has 0 radical (unpaired) electrons. The highest BCUT2D eigenvalue weighted by Crippen LogP contribution is 2.40. The van der Waals surface area contributed by atoms with E-state index in [0.717, 1.165) is 78.1 Å². The van der Waals surface area contributed by atoms with E-state index in [-0.39, 0.29) is 0 Å². The topological polar surface area (TPSA) is 77.3 Å². The van der Waals surface area contributed by atoms with Gasteiger partial charge in [0.1, 0.15) is 12.7 Å². The monoisotopic (exact) mass is 590 g/mol. The zero-order chi connectivity index (χ0) is 30.7. The molecule has 0 amide bonds. The summed E-state index contributed by atoms with van der Waals surface area (Å²) in [6, 6.07) is 41.7. The van der Waals surface area contributed by atoms with Crippen molar-refractivity contribution in [1.82, 2.24) is 29.9 Å². The number of hydrogen-bond acceptors (Lipinski definition) is 6. The molecule has 0 N–H and O–H groups in total. The van der Waals surface area contributed by atoms with Crippen molar-refractivity contribution in [2.75, 3.05) is 0 Å². The molecule has 6 heteroatoms. The molecule has 3 heterocycles. The molecule has 0 aliphatic carbocycles. The first-order valence-electron chi connectivity index (χ1n) is 15.0. The summed E-state index contributed by atoms with van der Waals surface area (Å²) in [7, 11) is 0. The predicted molar refractivity (Wildman–Crippen MR) is 183 cm³/mol. The summed E-state index contributed by atoms with van der Waals surface area (Å²) in [6.45, 7) is 0. The first-order valence-corrected chi connectivity index (χ1v) is 15.0. The summed E-state index contributed by atoms with van der Waals surface area (Å²) < 4.78 is 0. The lowest BCUT2D eigenvalue weighted by Gasteiger charge is -2.16. The Kier molecular flexibility index (Phi) is 7.05. The summed E-state index contributed by atoms with van der Waals surface area (Å²) in [4.78, 5) is 27.8. The molecule has 0 aliphatic rings. The van der Waals surface area contributed by atoms with Crippen molar-refractivity contribution < 1.29 is 0 Å². The fourth-order valence-electron chi connectivity index (χ4n) is 5.82. The van der Waals surface area contributed by atoms with Crippen LogP contribution in [-0.2, 0) is 0 Å². The average molecular weight is 591 g/mol. The van der Waals surface area contributed by atoms with E-state index in [1.807, 2.05) is 61.2 Å². The van der Waals surface area contributed by atoms with E-state index in [9.17, 15) is 0 Å². The second-order valence-corrected chi connectivity index (χ2v) is 10.9. The lowest BCUT2D eigenvalue weighted by atomic mass is 9.93. The molecule has 0 spiro atoms. The van der Waals surface area contributed by atoms with Crippen molar-refractivity contribution in [3.05, 3.63) is 159 Å². The summed E-state index contributed by atoms with van der Waals surface area (Å²) >= 11 is 0. The van der Waals surface area contributed by atoms with E-state index in [4.69, 9.17) is 9.97 Å². The van der Waals surface area contributed by atoms with Crippen LogP contribution in [0, 0.1) is 0 Å². The third kappa shape index (κ3) is 5.18. The molecule has 0 saturated carbocycles. The van der Waals surface area contributed by atoms with Gasteiger partial charge >= 0.3 is 0 Å². The molecule has 5 aromatic carbocycles. The number of aromatic nitrogens is 6. The Labute approximate surface area is 266 Å². The Morgan fingerprint density at radius 3 is 1.09 bits per heavy atom. The predicted octanol–water partition coefficient (Wildman–Crippen LogP) is 9.21. The van der Waals surface area contributed by atoms with Gasteiger partial charge in [-0.3, -0.25) is 0 Å². The lowest BCUT2D eigenvalue weighted by molar-refractivity contribution is 1.17. The summed E-state index contributed by atoms with van der Waals surface area (Å²) in [6.07, 6.45) is 10.4. The van der Waals surface area contributed by atoms with E-state index >= 15 is 0 Å². The van der Waals surface area contributed by atoms with E-state index in [1.54, 1.807) is 12.7 Å². The minimum absolute atomic E-state index is 0.825. The van der Waals surface area contributed by atoms with Gasteiger partial charge < -0.3 is 0 Å². The molecule has 0 atom stereocenters. The van der Waals surface area contributed by atoms with Crippen LogP contribution in [0.4, 0.5) is 0 Å². The van der Waals surface area contributed by atoms with Crippen LogP contribution in [0.15, 0.2) is 159 Å². The quantitative estimate of drug-likeness (QED) is 0.192. The zero-order valence-corrected chi connectivity index (χ0v) is 24.7. The van der Waals surface area contributed by atoms with Gasteiger partial charge in [-0.05, 0) is 34.4 Å². The van der Waals surface area contributed by atoms with Gasteiger partial charge in [0.15, 0.2) is 0 Å². The van der Waals surface area contributed by atoms with Crippen LogP contribution in [0.5, 0.6) is 0 Å². The van der Waals surface area contributed by atoms with Crippen molar-refractivity contribution in [3.8, 4) is 67.0 Å². The van der Waals surface area contributed by atoms with E-state index < -0.39 is 0 Å². The standard InChI is InChI=1S/C40H26N6/c1-3-9-27(10-4-1)37-38(28-11-5-2-6-12-28)46-40-36(32-16-8-14-30(20-32)34-23-43-26-44-24-34)18-17-35(39(40)45-37)31-15-7-13-29(19-31)33-21-41-25-42-22-33/h1-26H. The van der Waals surface area contributed by atoms with Crippen LogP contribution in [0.1, 0.15) is 0 Å². The van der Waals surface area contributed by atoms with E-state index in [2.05, 4.69) is 105 Å². The highest BCUT2D eigenvalue weighted by molar-refractivity contribution is 6.03. The molecule has 0 fully saturated rings. The van der Waals surface area contributed by atoms with Gasteiger partial charge in [0.2, 0.25) is 0 Å². The second-order valence-electron chi connectivity index (χ2n) is 10.9. The van der Waals surface area contributed by atoms with Crippen molar-refractivity contribution in [3.63, 3.8) is 0 Å². The van der Waals surface area contributed by atoms with Gasteiger partial charge in [-0.25, -0.2) is 29.9 Å². The van der Waals surface area contributed by atoms with Crippen molar-refractivity contribution in [2.24, 2.45) is 0 Å². The van der Waals surface area contributed by atoms with E-state index in [1.165, 1.54) is 0 Å². The SMILES string of the molecule is c1ccc(-c2nc3c(-c4cccc(-c5cncnc5)c4)ccc(-c4cccc(-c5cncnc5)c4)c3nc2-c2ccccc2)cc1. The van der Waals surface area contributed by atoms with Crippen LogP contribution >= 0.6 is 0 Å². The summed E-state index contributed by atoms with van der Waals surface area (Å²) in [5, 5.41) is 0. The fourth-order valence-corrected chi connectivity index (χ4v) is 5.82. The lowest BCUT2D eigenvalue weighted by Crippen LogP contribution is -1.99. The Morgan fingerprint density at radius 2 is 0.674 bits per heavy atom. The molecular formula is C40H26N6. The maximum atomic E-state index is 5.46. The van der Waals surface area contributed by atoms with Crippen LogP contribution in [0.2, 0.25) is 0 Å². The van der Waals surface area contributed by atoms with Crippen LogP contribution in [-0.4, -0.2) is 29.9 Å². The fraction of sp³-hybridized carbons (Fsp3) is 0. The van der Waals surface area contributed by atoms with Crippen LogP contribution < -0.4 is 0 Å². The highest BCUT2D eigenvalue weighted by atomic mass is 14.8. The molecule has 6 nitrogen and oxygen atoms in total. The summed E-state index contributed by atoms with van der Waals surface area (Å²) in [5.74, 6) is 0. The maximum absolute atomic E-state index is 5.46. The molecule has 46 heavy (non-hydrogen) atoms. The van der Waals surface area contributed by atoms with Crippen molar-refractivity contribution in [2.45, 2.75) is 0 Å². The Bertz CT molecular complexity index is 2130. The first-order chi connectivity index (χ1) is 22.8. The molecule has 3 aromatic heterocycles. The summed E-state index contributed by atoms with van der Waals surface area (Å²) in [5.41, 5.74) is 13.4. The molecular weight excluding hydrogens is 564 g/mol. The minimum atomic E-state index is 0.825. The van der Waals surface area contributed by atoms with Crippen molar-refractivity contribution >= 4 is 11.0 Å². The van der Waals surface area contributed by atoms with Gasteiger partial charge in [0.25, 0.3) is 0 Å². The third-order valence-electron chi connectivity index (χ3n) is 8.05. The number of benzene rings is 5. The number of fused-ring (bicyclic) bond motifs is 1. The Balaban J connectivity index is 1.41. The molecule has 216 valence electrons. The smallest absolute Gasteiger partial charge is 0.115 e. The molecule has 0 aliphatic heterocycles. The molecule has 0 saturated heterocycles. The minimum Gasteiger partial charge on any atom is -0.244 e. The molecule has 0 bridgehead atoms. The normalized spacial score (nSPS) is 11.0. The highest BCUT2D eigenvalue weighted by Gasteiger charge is 2.19. The van der Waals surface area contributed by atoms with Gasteiger partial charge in [-0.15, -0.1) is 0 Å². The van der Waals surface area contributed by atoms with Gasteiger partial charge in [-0.2, -0.15) is 0 Å². The van der Waals surface area contributed by atoms with Gasteiger partial charge in [0.05, 0.1) is 22.4 Å². The molecule has 0 unspecified atom stereocenters. The third-order valence-corrected chi connectivity index (χ3v) is 8.05. The van der Waals surface area contributed by atoms with Gasteiger partial charge in [0, 0.05) is 58.2 Å². The number of hydrogen-bond donors (Lipinski definition) is 0. The second kappa shape index (κ2) is 11.9. The first kappa shape index (κ1) is 27.2. The number of nitrogens with zero attached hydrogens (tertiary/aromatic N) is 6. The number of rotatable bonds is 6. The molecule has 8 rings (SSSR count).